The summed E-state index contributed by atoms with van der Waals surface area (Å²) in [5.41, 5.74) is 3.28. The molecule has 8 heteroatoms. The Bertz CT molecular complexity index is 832. The van der Waals surface area contributed by atoms with Crippen molar-refractivity contribution < 1.29 is 14.2 Å². The fourth-order valence-electron chi connectivity index (χ4n) is 3.33. The summed E-state index contributed by atoms with van der Waals surface area (Å²) in [7, 11) is 4.87. The second-order valence-electron chi connectivity index (χ2n) is 6.93. The van der Waals surface area contributed by atoms with Crippen molar-refractivity contribution in [1.82, 2.24) is 20.4 Å². The smallest absolute Gasteiger partial charge is 0.203 e. The first-order chi connectivity index (χ1) is 14.5. The molecule has 30 heavy (non-hydrogen) atoms. The predicted octanol–water partition coefficient (Wildman–Crippen LogP) is 2.71. The van der Waals surface area contributed by atoms with Crippen molar-refractivity contribution in [2.24, 2.45) is 4.99 Å². The summed E-state index contributed by atoms with van der Waals surface area (Å²) < 4.78 is 18.4. The normalized spacial score (nSPS) is 11.3. The van der Waals surface area contributed by atoms with Crippen LogP contribution in [0.2, 0.25) is 0 Å². The van der Waals surface area contributed by atoms with Crippen LogP contribution < -0.4 is 24.8 Å². The highest BCUT2D eigenvalue weighted by Gasteiger charge is 2.15. The third-order valence-corrected chi connectivity index (χ3v) is 4.72. The second kappa shape index (κ2) is 11.9. The molecule has 0 saturated carbocycles. The lowest BCUT2D eigenvalue weighted by Crippen LogP contribution is -2.38. The van der Waals surface area contributed by atoms with Gasteiger partial charge in [-0.2, -0.15) is 5.10 Å². The van der Waals surface area contributed by atoms with Gasteiger partial charge in [0.2, 0.25) is 5.75 Å². The molecule has 0 amide bonds. The molecule has 0 aliphatic rings. The fraction of sp³-hybridized carbons (Fsp3) is 0.545. The summed E-state index contributed by atoms with van der Waals surface area (Å²) in [6, 6.07) is 5.99. The summed E-state index contributed by atoms with van der Waals surface area (Å²) in [6.07, 6.45) is 1.70. The first-order valence-electron chi connectivity index (χ1n) is 10.3. The molecule has 0 saturated heterocycles. The first kappa shape index (κ1) is 23.4. The maximum atomic E-state index is 5.56. The second-order valence-corrected chi connectivity index (χ2v) is 6.93. The van der Waals surface area contributed by atoms with Crippen molar-refractivity contribution in [3.8, 4) is 17.2 Å². The van der Waals surface area contributed by atoms with Crippen LogP contribution in [0.5, 0.6) is 17.2 Å². The van der Waals surface area contributed by atoms with Crippen LogP contribution in [0.25, 0.3) is 0 Å². The van der Waals surface area contributed by atoms with E-state index in [0.29, 0.717) is 17.2 Å². The first-order valence-corrected chi connectivity index (χ1v) is 10.3. The Morgan fingerprint density at radius 1 is 1.07 bits per heavy atom. The molecule has 0 fully saturated rings. The third-order valence-electron chi connectivity index (χ3n) is 4.72. The van der Waals surface area contributed by atoms with Crippen molar-refractivity contribution in [2.45, 2.75) is 40.2 Å². The van der Waals surface area contributed by atoms with E-state index in [1.54, 1.807) is 21.3 Å². The van der Waals surface area contributed by atoms with Gasteiger partial charge < -0.3 is 24.8 Å². The molecule has 1 aromatic carbocycles. The average Bonchev–Trinajstić information content (AvgIpc) is 3.07. The molecular formula is C22H35N5O3. The van der Waals surface area contributed by atoms with Gasteiger partial charge in [0.25, 0.3) is 0 Å². The standard InChI is InChI=1S/C22H35N5O3/c1-7-23-22(24-12-8-14-27-17(3)15-16(2)26-27)25-13-11-18-9-10-19(28-4)21(30-6)20(18)29-5/h9-10,15H,7-8,11-14H2,1-6H3,(H2,23,24,25). The highest BCUT2D eigenvalue weighted by atomic mass is 16.5. The van der Waals surface area contributed by atoms with E-state index in [1.807, 2.05) is 23.7 Å². The quantitative estimate of drug-likeness (QED) is 0.332. The van der Waals surface area contributed by atoms with Gasteiger partial charge in [-0.25, -0.2) is 0 Å². The number of benzene rings is 1. The maximum Gasteiger partial charge on any atom is 0.203 e. The van der Waals surface area contributed by atoms with Crippen molar-refractivity contribution in [2.75, 3.05) is 41.0 Å². The van der Waals surface area contributed by atoms with E-state index in [2.05, 4.69) is 40.6 Å². The Hall–Kier alpha value is -2.90. The van der Waals surface area contributed by atoms with Gasteiger partial charge in [0, 0.05) is 37.4 Å². The van der Waals surface area contributed by atoms with Gasteiger partial charge in [0.1, 0.15) is 0 Å². The molecule has 0 atom stereocenters. The van der Waals surface area contributed by atoms with Crippen LogP contribution >= 0.6 is 0 Å². The van der Waals surface area contributed by atoms with Crippen LogP contribution in [0.4, 0.5) is 0 Å². The van der Waals surface area contributed by atoms with E-state index in [0.717, 1.165) is 56.2 Å². The zero-order chi connectivity index (χ0) is 21.9. The van der Waals surface area contributed by atoms with Crippen LogP contribution in [0, 0.1) is 13.8 Å². The van der Waals surface area contributed by atoms with Gasteiger partial charge in [0.05, 0.1) is 27.0 Å². The van der Waals surface area contributed by atoms with Gasteiger partial charge in [-0.15, -0.1) is 0 Å². The van der Waals surface area contributed by atoms with Gasteiger partial charge in [0.15, 0.2) is 17.5 Å². The summed E-state index contributed by atoms with van der Waals surface area (Å²) in [4.78, 5) is 4.68. The number of nitrogens with one attached hydrogen (secondary N) is 2. The maximum absolute atomic E-state index is 5.56. The Labute approximate surface area is 179 Å². The van der Waals surface area contributed by atoms with Gasteiger partial charge in [-0.3, -0.25) is 9.67 Å². The minimum Gasteiger partial charge on any atom is -0.493 e. The fourth-order valence-corrected chi connectivity index (χ4v) is 3.33. The van der Waals surface area contributed by atoms with Crippen LogP contribution in [0.1, 0.15) is 30.3 Å². The largest absolute Gasteiger partial charge is 0.493 e. The van der Waals surface area contributed by atoms with Crippen molar-refractivity contribution in [3.63, 3.8) is 0 Å². The van der Waals surface area contributed by atoms with Crippen LogP contribution in [-0.2, 0) is 13.0 Å². The summed E-state index contributed by atoms with van der Waals surface area (Å²) in [5, 5.41) is 11.2. The summed E-state index contributed by atoms with van der Waals surface area (Å²) >= 11 is 0. The van der Waals surface area contributed by atoms with Crippen molar-refractivity contribution in [3.05, 3.63) is 35.2 Å². The molecule has 0 radical (unpaired) electrons. The number of nitrogens with zero attached hydrogens (tertiary/aromatic N) is 3. The molecule has 166 valence electrons. The van der Waals surface area contributed by atoms with Gasteiger partial charge in [-0.05, 0) is 45.7 Å². The van der Waals surface area contributed by atoms with Crippen LogP contribution in [0.3, 0.4) is 0 Å². The van der Waals surface area contributed by atoms with E-state index in [9.17, 15) is 0 Å². The number of aryl methyl sites for hydroxylation is 3. The number of methoxy groups -OCH3 is 3. The molecule has 1 aromatic heterocycles. The van der Waals surface area contributed by atoms with E-state index >= 15 is 0 Å². The van der Waals surface area contributed by atoms with Crippen molar-refractivity contribution in [1.29, 1.82) is 0 Å². The van der Waals surface area contributed by atoms with Crippen molar-refractivity contribution >= 4 is 5.96 Å². The minimum atomic E-state index is 0.613. The minimum absolute atomic E-state index is 0.613. The van der Waals surface area contributed by atoms with E-state index in [-0.39, 0.29) is 0 Å². The topological polar surface area (TPSA) is 81.9 Å². The number of aliphatic imine (C=N–C) groups is 1. The number of hydrogen-bond donors (Lipinski definition) is 2. The van der Waals surface area contributed by atoms with Gasteiger partial charge >= 0.3 is 0 Å². The molecule has 0 spiro atoms. The highest BCUT2D eigenvalue weighted by Crippen LogP contribution is 2.39. The number of aromatic nitrogens is 2. The lowest BCUT2D eigenvalue weighted by atomic mass is 10.1. The summed E-state index contributed by atoms with van der Waals surface area (Å²) in [6.45, 7) is 9.28. The third kappa shape index (κ3) is 6.30. The SMILES string of the molecule is CCNC(=NCCCn1nc(C)cc1C)NCCc1ccc(OC)c(OC)c1OC. The molecule has 0 aliphatic carbocycles. The van der Waals surface area contributed by atoms with E-state index < -0.39 is 0 Å². The molecule has 2 aromatic rings. The number of guanidine groups is 1. The predicted molar refractivity (Wildman–Crippen MR) is 120 cm³/mol. The number of ether oxygens (including phenoxy) is 3. The van der Waals surface area contributed by atoms with Crippen LogP contribution in [0.15, 0.2) is 23.2 Å². The number of rotatable bonds is 11. The zero-order valence-corrected chi connectivity index (χ0v) is 19.0. The molecule has 0 aliphatic heterocycles. The Morgan fingerprint density at radius 3 is 2.43 bits per heavy atom. The molecule has 2 N–H and O–H groups in total. The number of hydrogen-bond acceptors (Lipinski definition) is 5. The molecule has 2 rings (SSSR count). The summed E-state index contributed by atoms with van der Waals surface area (Å²) in [5.74, 6) is 2.78. The molecular weight excluding hydrogens is 382 g/mol. The monoisotopic (exact) mass is 417 g/mol. The Balaban J connectivity index is 1.91. The van der Waals surface area contributed by atoms with Crippen LogP contribution in [-0.4, -0.2) is 56.7 Å². The Morgan fingerprint density at radius 2 is 1.83 bits per heavy atom. The lowest BCUT2D eigenvalue weighted by Gasteiger charge is -2.16. The zero-order valence-electron chi connectivity index (χ0n) is 19.0. The molecule has 1 heterocycles. The average molecular weight is 418 g/mol. The van der Waals surface area contributed by atoms with Gasteiger partial charge in [-0.1, -0.05) is 6.07 Å². The molecule has 8 nitrogen and oxygen atoms in total. The van der Waals surface area contributed by atoms with E-state index in [4.69, 9.17) is 14.2 Å². The molecule has 0 bridgehead atoms. The molecule has 0 unspecified atom stereocenters. The highest BCUT2D eigenvalue weighted by molar-refractivity contribution is 5.79. The lowest BCUT2D eigenvalue weighted by molar-refractivity contribution is 0.322. The van der Waals surface area contributed by atoms with E-state index in [1.165, 1.54) is 5.69 Å². The Kier molecular flexibility index (Phi) is 9.31.